The highest BCUT2D eigenvalue weighted by molar-refractivity contribution is 7.15. The Kier molecular flexibility index (Phi) is 4.55. The second-order valence-corrected chi connectivity index (χ2v) is 9.64. The minimum atomic E-state index is -0.0686. The molecule has 1 N–H and O–H groups in total. The third kappa shape index (κ3) is 3.75. The molecule has 3 aliphatic rings. The smallest absolute Gasteiger partial charge is 0.223 e. The van der Waals surface area contributed by atoms with Crippen LogP contribution in [0, 0.1) is 5.41 Å². The zero-order chi connectivity index (χ0) is 19.1. The van der Waals surface area contributed by atoms with Gasteiger partial charge in [0.25, 0.3) is 0 Å². The van der Waals surface area contributed by atoms with Crippen LogP contribution in [-0.4, -0.2) is 51.9 Å². The summed E-state index contributed by atoms with van der Waals surface area (Å²) in [5.41, 5.74) is 1.54. The minimum Gasteiger partial charge on any atom is -0.355 e. The molecule has 1 spiro atoms. The largest absolute Gasteiger partial charge is 0.355 e. The van der Waals surface area contributed by atoms with Crippen molar-refractivity contribution < 1.29 is 4.79 Å². The maximum Gasteiger partial charge on any atom is 0.223 e. The van der Waals surface area contributed by atoms with Gasteiger partial charge in [0.1, 0.15) is 5.82 Å². The first-order valence-electron chi connectivity index (χ1n) is 10.1. The molecule has 3 fully saturated rings. The molecule has 0 aromatic carbocycles. The van der Waals surface area contributed by atoms with Gasteiger partial charge < -0.3 is 10.2 Å². The van der Waals surface area contributed by atoms with Gasteiger partial charge in [-0.15, -0.1) is 11.3 Å². The van der Waals surface area contributed by atoms with Crippen LogP contribution in [0.2, 0.25) is 0 Å². The normalized spacial score (nSPS) is 25.0. The van der Waals surface area contributed by atoms with Crippen molar-refractivity contribution in [3.8, 4) is 0 Å². The van der Waals surface area contributed by atoms with Crippen LogP contribution in [0.25, 0.3) is 0 Å². The Morgan fingerprint density at radius 3 is 2.93 bits per heavy atom. The first-order chi connectivity index (χ1) is 13.6. The molecule has 8 heteroatoms. The van der Waals surface area contributed by atoms with E-state index in [0.29, 0.717) is 16.5 Å². The number of aromatic nitrogens is 3. The third-order valence-corrected chi connectivity index (χ3v) is 7.03. The van der Waals surface area contributed by atoms with Gasteiger partial charge >= 0.3 is 0 Å². The number of rotatable bonds is 5. The van der Waals surface area contributed by atoms with E-state index in [-0.39, 0.29) is 5.91 Å². The summed E-state index contributed by atoms with van der Waals surface area (Å²) in [7, 11) is 0. The van der Waals surface area contributed by atoms with Crippen LogP contribution in [0.15, 0.2) is 18.6 Å². The molecule has 2 aromatic rings. The predicted molar refractivity (Wildman–Crippen MR) is 110 cm³/mol. The molecule has 1 amide bonds. The van der Waals surface area contributed by atoms with Crippen molar-refractivity contribution in [2.45, 2.75) is 45.1 Å². The van der Waals surface area contributed by atoms with Crippen LogP contribution in [-0.2, 0) is 11.3 Å². The maximum absolute atomic E-state index is 11.2. The molecular weight excluding hydrogens is 372 g/mol. The molecule has 4 heterocycles. The molecule has 28 heavy (non-hydrogen) atoms. The van der Waals surface area contributed by atoms with E-state index in [1.54, 1.807) is 11.3 Å². The van der Waals surface area contributed by atoms with Gasteiger partial charge in [-0.25, -0.2) is 9.97 Å². The molecule has 0 radical (unpaired) electrons. The molecule has 2 saturated heterocycles. The van der Waals surface area contributed by atoms with E-state index >= 15 is 0 Å². The van der Waals surface area contributed by atoms with Gasteiger partial charge in [-0.3, -0.25) is 14.7 Å². The monoisotopic (exact) mass is 398 g/mol. The van der Waals surface area contributed by atoms with Crippen molar-refractivity contribution in [2.24, 2.45) is 5.41 Å². The van der Waals surface area contributed by atoms with Gasteiger partial charge in [-0.05, 0) is 32.2 Å². The van der Waals surface area contributed by atoms with Crippen LogP contribution in [0.1, 0.15) is 49.1 Å². The molecule has 1 aliphatic carbocycles. The number of thiazole rings is 1. The number of carbonyl (C=O) groups is 1. The predicted octanol–water partition coefficient (Wildman–Crippen LogP) is 2.87. The summed E-state index contributed by atoms with van der Waals surface area (Å²) in [6.07, 6.45) is 10.7. The fourth-order valence-corrected chi connectivity index (χ4v) is 5.44. The lowest BCUT2D eigenvalue weighted by Gasteiger charge is -2.25. The van der Waals surface area contributed by atoms with E-state index in [0.717, 1.165) is 38.5 Å². The highest BCUT2D eigenvalue weighted by atomic mass is 32.1. The average molecular weight is 399 g/mol. The molecule has 7 nitrogen and oxygen atoms in total. The lowest BCUT2D eigenvalue weighted by atomic mass is 9.86. The fraction of sp³-hybridized carbons (Fsp3) is 0.600. The summed E-state index contributed by atoms with van der Waals surface area (Å²) in [6, 6.07) is 0. The zero-order valence-electron chi connectivity index (χ0n) is 16.2. The Hall–Kier alpha value is -2.06. The van der Waals surface area contributed by atoms with Gasteiger partial charge in [0.15, 0.2) is 5.13 Å². The highest BCUT2D eigenvalue weighted by Crippen LogP contribution is 2.42. The van der Waals surface area contributed by atoms with Crippen LogP contribution < -0.4 is 10.2 Å². The number of nitrogens with zero attached hydrogens (tertiary/aromatic N) is 5. The highest BCUT2D eigenvalue weighted by Gasteiger charge is 2.44. The Morgan fingerprint density at radius 2 is 2.11 bits per heavy atom. The second kappa shape index (κ2) is 7.08. The van der Waals surface area contributed by atoms with Crippen LogP contribution in [0.4, 0.5) is 10.9 Å². The molecule has 1 atom stereocenters. The van der Waals surface area contributed by atoms with E-state index in [4.69, 9.17) is 4.98 Å². The van der Waals surface area contributed by atoms with E-state index < -0.39 is 0 Å². The number of amides is 1. The third-order valence-electron chi connectivity index (χ3n) is 6.13. The minimum absolute atomic E-state index is 0.0686. The van der Waals surface area contributed by atoms with Gasteiger partial charge in [0, 0.05) is 61.7 Å². The van der Waals surface area contributed by atoms with Crippen LogP contribution >= 0.6 is 11.3 Å². The van der Waals surface area contributed by atoms with Crippen LogP contribution in [0.3, 0.4) is 0 Å². The summed E-state index contributed by atoms with van der Waals surface area (Å²) in [5, 5.41) is 3.46. The summed E-state index contributed by atoms with van der Waals surface area (Å²) in [5.74, 6) is 1.64. The van der Waals surface area contributed by atoms with Crippen molar-refractivity contribution in [1.29, 1.82) is 0 Å². The van der Waals surface area contributed by atoms with Crippen molar-refractivity contribution in [3.05, 3.63) is 29.2 Å². The lowest BCUT2D eigenvalue weighted by molar-refractivity contribution is -0.114. The summed E-state index contributed by atoms with van der Waals surface area (Å²) in [4.78, 5) is 31.0. The summed E-state index contributed by atoms with van der Waals surface area (Å²) >= 11 is 1.57. The van der Waals surface area contributed by atoms with E-state index in [1.165, 1.54) is 43.2 Å². The van der Waals surface area contributed by atoms with Gasteiger partial charge in [-0.1, -0.05) is 0 Å². The summed E-state index contributed by atoms with van der Waals surface area (Å²) < 4.78 is 0. The lowest BCUT2D eigenvalue weighted by Crippen LogP contribution is -2.31. The Balaban J connectivity index is 1.20. The van der Waals surface area contributed by atoms with E-state index in [9.17, 15) is 4.79 Å². The van der Waals surface area contributed by atoms with Crippen LogP contribution in [0.5, 0.6) is 0 Å². The molecule has 1 saturated carbocycles. The van der Waals surface area contributed by atoms with Crippen molar-refractivity contribution >= 4 is 28.2 Å². The Labute approximate surface area is 169 Å². The van der Waals surface area contributed by atoms with Gasteiger partial charge in [0.05, 0.1) is 11.9 Å². The summed E-state index contributed by atoms with van der Waals surface area (Å²) in [6.45, 7) is 6.81. The fourth-order valence-electron chi connectivity index (χ4n) is 4.53. The Bertz CT molecular complexity index is 881. The van der Waals surface area contributed by atoms with Crippen molar-refractivity contribution in [2.75, 3.05) is 36.4 Å². The van der Waals surface area contributed by atoms with Crippen molar-refractivity contribution in [3.63, 3.8) is 0 Å². The topological polar surface area (TPSA) is 74.2 Å². The Morgan fingerprint density at radius 1 is 1.25 bits per heavy atom. The molecule has 5 rings (SSSR count). The van der Waals surface area contributed by atoms with Gasteiger partial charge in [0.2, 0.25) is 5.91 Å². The zero-order valence-corrected chi connectivity index (χ0v) is 17.0. The quantitative estimate of drug-likeness (QED) is 0.835. The number of hydrogen-bond donors (Lipinski definition) is 1. The second-order valence-electron chi connectivity index (χ2n) is 8.52. The maximum atomic E-state index is 11.2. The van der Waals surface area contributed by atoms with Crippen molar-refractivity contribution in [1.82, 2.24) is 19.9 Å². The number of anilines is 2. The standard InChI is InChI=1S/C20H26N6OS/c1-14(27)23-19-22-8-16(28-19)11-25-6-4-20(12-25)5-7-26(13-20)18-10-21-9-17(24-18)15-2-3-15/h8-10,15H,2-7,11-13H2,1H3,(H,22,23,27). The molecule has 2 aliphatic heterocycles. The van der Waals surface area contributed by atoms with E-state index in [1.807, 2.05) is 18.6 Å². The average Bonchev–Trinajstić information content (AvgIpc) is 3.13. The van der Waals surface area contributed by atoms with Gasteiger partial charge in [-0.2, -0.15) is 0 Å². The molecule has 2 aromatic heterocycles. The first kappa shape index (κ1) is 18.0. The number of hydrogen-bond acceptors (Lipinski definition) is 7. The first-order valence-corrected chi connectivity index (χ1v) is 10.9. The molecule has 148 valence electrons. The molecular formula is C20H26N6OS. The number of likely N-dealkylation sites (tertiary alicyclic amines) is 1. The number of nitrogens with one attached hydrogen (secondary N) is 1. The van der Waals surface area contributed by atoms with E-state index in [2.05, 4.69) is 25.1 Å². The molecule has 0 bridgehead atoms. The SMILES string of the molecule is CC(=O)Nc1ncc(CN2CCC3(CCN(c4cncc(C5CC5)n4)C3)C2)s1. The number of carbonyl (C=O) groups excluding carboxylic acids is 1. The molecule has 1 unspecified atom stereocenters.